The molecule has 1 amide bonds. The highest BCUT2D eigenvalue weighted by Gasteiger charge is 2.18. The first-order valence-electron chi connectivity index (χ1n) is 6.61. The number of carbonyl (C=O) groups excluding carboxylic acids is 1. The van der Waals surface area contributed by atoms with Crippen LogP contribution in [-0.4, -0.2) is 21.1 Å². The molecule has 114 valence electrons. The molecule has 23 heavy (non-hydrogen) atoms. The summed E-state index contributed by atoms with van der Waals surface area (Å²) >= 11 is 0. The van der Waals surface area contributed by atoms with Gasteiger partial charge in [0.1, 0.15) is 17.3 Å². The van der Waals surface area contributed by atoms with Crippen LogP contribution >= 0.6 is 0 Å². The van der Waals surface area contributed by atoms with Gasteiger partial charge >= 0.3 is 0 Å². The van der Waals surface area contributed by atoms with Crippen molar-refractivity contribution in [1.29, 1.82) is 0 Å². The molecular formula is C16H10F2N4O. The van der Waals surface area contributed by atoms with Crippen molar-refractivity contribution < 1.29 is 13.6 Å². The molecule has 0 radical (unpaired) electrons. The third-order valence-corrected chi connectivity index (χ3v) is 3.15. The van der Waals surface area contributed by atoms with Crippen molar-refractivity contribution in [3.63, 3.8) is 0 Å². The van der Waals surface area contributed by atoms with Gasteiger partial charge in [0.25, 0.3) is 5.91 Å². The van der Waals surface area contributed by atoms with Crippen LogP contribution in [0.15, 0.2) is 48.5 Å². The van der Waals surface area contributed by atoms with E-state index in [0.717, 1.165) is 0 Å². The molecule has 0 bridgehead atoms. The summed E-state index contributed by atoms with van der Waals surface area (Å²) in [5.41, 5.74) is 5.81. The van der Waals surface area contributed by atoms with Crippen molar-refractivity contribution in [2.45, 2.75) is 0 Å². The lowest BCUT2D eigenvalue weighted by molar-refractivity contribution is 0.0995. The lowest BCUT2D eigenvalue weighted by Crippen LogP contribution is -2.17. The van der Waals surface area contributed by atoms with Crippen molar-refractivity contribution in [3.05, 3.63) is 65.9 Å². The third kappa shape index (κ3) is 2.89. The Hall–Kier alpha value is -3.22. The van der Waals surface area contributed by atoms with E-state index in [1.165, 1.54) is 42.5 Å². The maximum Gasteiger partial charge on any atom is 0.269 e. The van der Waals surface area contributed by atoms with Gasteiger partial charge in [-0.25, -0.2) is 13.8 Å². The number of nitrogens with two attached hydrogens (primary N) is 1. The SMILES string of the molecule is NC(=O)c1nc(-c2ccccc2F)nnc1-c1ccc(F)cc1. The molecule has 0 fully saturated rings. The standard InChI is InChI=1S/C16H10F2N4O/c17-10-7-5-9(6-8-10)13-14(15(19)23)20-16(22-21-13)11-3-1-2-4-12(11)18/h1-8H,(H2,19,23). The summed E-state index contributed by atoms with van der Waals surface area (Å²) in [6.45, 7) is 0. The molecule has 7 heteroatoms. The molecule has 0 aliphatic rings. The molecule has 0 aliphatic carbocycles. The van der Waals surface area contributed by atoms with Gasteiger partial charge in [-0.05, 0) is 36.4 Å². The van der Waals surface area contributed by atoms with Crippen LogP contribution in [0.4, 0.5) is 8.78 Å². The van der Waals surface area contributed by atoms with E-state index in [4.69, 9.17) is 5.73 Å². The van der Waals surface area contributed by atoms with Crippen LogP contribution in [-0.2, 0) is 0 Å². The average molecular weight is 312 g/mol. The molecule has 0 saturated carbocycles. The number of carbonyl (C=O) groups is 1. The first-order valence-corrected chi connectivity index (χ1v) is 6.61. The van der Waals surface area contributed by atoms with Gasteiger partial charge in [-0.3, -0.25) is 4.79 Å². The summed E-state index contributed by atoms with van der Waals surface area (Å²) in [4.78, 5) is 15.7. The molecule has 2 N–H and O–H groups in total. The minimum absolute atomic E-state index is 0.0530. The van der Waals surface area contributed by atoms with E-state index in [1.54, 1.807) is 6.07 Å². The second kappa shape index (κ2) is 5.88. The summed E-state index contributed by atoms with van der Waals surface area (Å²) in [5, 5.41) is 7.76. The maximum absolute atomic E-state index is 13.8. The summed E-state index contributed by atoms with van der Waals surface area (Å²) in [6.07, 6.45) is 0. The van der Waals surface area contributed by atoms with E-state index < -0.39 is 17.5 Å². The Labute approximate surface area is 129 Å². The lowest BCUT2D eigenvalue weighted by atomic mass is 10.1. The number of aromatic nitrogens is 3. The Balaban J connectivity index is 2.15. The fourth-order valence-corrected chi connectivity index (χ4v) is 2.06. The first-order chi connectivity index (χ1) is 11.1. The van der Waals surface area contributed by atoms with Gasteiger partial charge in [-0.15, -0.1) is 10.2 Å². The Morgan fingerprint density at radius 2 is 1.65 bits per heavy atom. The minimum atomic E-state index is -0.836. The van der Waals surface area contributed by atoms with Crippen LogP contribution in [0.3, 0.4) is 0 Å². The van der Waals surface area contributed by atoms with Crippen molar-refractivity contribution in [2.24, 2.45) is 5.73 Å². The Morgan fingerprint density at radius 3 is 2.30 bits per heavy atom. The predicted molar refractivity (Wildman–Crippen MR) is 79.1 cm³/mol. The smallest absolute Gasteiger partial charge is 0.269 e. The maximum atomic E-state index is 13.8. The lowest BCUT2D eigenvalue weighted by Gasteiger charge is -2.07. The van der Waals surface area contributed by atoms with Crippen molar-refractivity contribution in [1.82, 2.24) is 15.2 Å². The van der Waals surface area contributed by atoms with Gasteiger partial charge in [-0.2, -0.15) is 0 Å². The van der Waals surface area contributed by atoms with E-state index in [0.29, 0.717) is 5.56 Å². The highest BCUT2D eigenvalue weighted by atomic mass is 19.1. The number of halogens is 2. The van der Waals surface area contributed by atoms with Crippen molar-refractivity contribution >= 4 is 5.91 Å². The molecule has 0 unspecified atom stereocenters. The highest BCUT2D eigenvalue weighted by molar-refractivity contribution is 5.97. The minimum Gasteiger partial charge on any atom is -0.364 e. The normalized spacial score (nSPS) is 10.5. The van der Waals surface area contributed by atoms with Crippen LogP contribution in [0, 0.1) is 11.6 Å². The first kappa shape index (κ1) is 14.7. The van der Waals surface area contributed by atoms with Gasteiger partial charge in [0.2, 0.25) is 0 Å². The van der Waals surface area contributed by atoms with E-state index >= 15 is 0 Å². The molecule has 5 nitrogen and oxygen atoms in total. The quantitative estimate of drug-likeness (QED) is 0.806. The molecule has 0 aliphatic heterocycles. The monoisotopic (exact) mass is 312 g/mol. The highest BCUT2D eigenvalue weighted by Crippen LogP contribution is 2.23. The second-order valence-electron chi connectivity index (χ2n) is 4.68. The van der Waals surface area contributed by atoms with Gasteiger partial charge in [-0.1, -0.05) is 12.1 Å². The third-order valence-electron chi connectivity index (χ3n) is 3.15. The summed E-state index contributed by atoms with van der Waals surface area (Å²) in [6, 6.07) is 11.1. The number of benzene rings is 2. The summed E-state index contributed by atoms with van der Waals surface area (Å²) < 4.78 is 26.8. The zero-order valence-electron chi connectivity index (χ0n) is 11.7. The van der Waals surface area contributed by atoms with Crippen LogP contribution in [0.5, 0.6) is 0 Å². The zero-order valence-corrected chi connectivity index (χ0v) is 11.7. The number of amides is 1. The van der Waals surface area contributed by atoms with E-state index in [2.05, 4.69) is 15.2 Å². The molecule has 0 spiro atoms. The van der Waals surface area contributed by atoms with Gasteiger partial charge in [0.15, 0.2) is 11.5 Å². The molecule has 1 aromatic heterocycles. The Kier molecular flexibility index (Phi) is 3.76. The van der Waals surface area contributed by atoms with Crippen LogP contribution in [0.25, 0.3) is 22.6 Å². The van der Waals surface area contributed by atoms with Crippen molar-refractivity contribution in [2.75, 3.05) is 0 Å². The average Bonchev–Trinajstić information content (AvgIpc) is 2.55. The summed E-state index contributed by atoms with van der Waals surface area (Å²) in [5.74, 6) is -1.86. The predicted octanol–water partition coefficient (Wildman–Crippen LogP) is 2.58. The van der Waals surface area contributed by atoms with E-state index in [1.807, 2.05) is 0 Å². The number of hydrogen-bond acceptors (Lipinski definition) is 4. The topological polar surface area (TPSA) is 81.8 Å². The zero-order chi connectivity index (χ0) is 16.4. The molecule has 2 aromatic carbocycles. The van der Waals surface area contributed by atoms with Crippen molar-refractivity contribution in [3.8, 4) is 22.6 Å². The van der Waals surface area contributed by atoms with Gasteiger partial charge in [0.05, 0.1) is 5.56 Å². The molecule has 0 saturated heterocycles. The fourth-order valence-electron chi connectivity index (χ4n) is 2.06. The summed E-state index contributed by atoms with van der Waals surface area (Å²) in [7, 11) is 0. The Morgan fingerprint density at radius 1 is 0.957 bits per heavy atom. The van der Waals surface area contributed by atoms with Crippen LogP contribution in [0.2, 0.25) is 0 Å². The number of nitrogens with zero attached hydrogens (tertiary/aromatic N) is 3. The number of primary amides is 1. The molecule has 3 rings (SSSR count). The van der Waals surface area contributed by atoms with Crippen LogP contribution < -0.4 is 5.73 Å². The molecule has 0 atom stereocenters. The molecule has 3 aromatic rings. The number of hydrogen-bond donors (Lipinski definition) is 1. The second-order valence-corrected chi connectivity index (χ2v) is 4.68. The Bertz CT molecular complexity index is 882. The van der Waals surface area contributed by atoms with Gasteiger partial charge in [0, 0.05) is 5.56 Å². The fraction of sp³-hybridized carbons (Fsp3) is 0. The van der Waals surface area contributed by atoms with Crippen LogP contribution in [0.1, 0.15) is 10.5 Å². The largest absolute Gasteiger partial charge is 0.364 e. The molecular weight excluding hydrogens is 302 g/mol. The number of rotatable bonds is 3. The molecule has 1 heterocycles. The van der Waals surface area contributed by atoms with E-state index in [9.17, 15) is 13.6 Å². The van der Waals surface area contributed by atoms with Gasteiger partial charge < -0.3 is 5.73 Å². The van der Waals surface area contributed by atoms with E-state index in [-0.39, 0.29) is 22.8 Å².